The molecule has 0 spiro atoms. The summed E-state index contributed by atoms with van der Waals surface area (Å²) in [5.41, 5.74) is 6.88. The van der Waals surface area contributed by atoms with Crippen molar-refractivity contribution in [3.05, 3.63) is 35.4 Å². The lowest BCUT2D eigenvalue weighted by Gasteiger charge is -2.36. The monoisotopic (exact) mass is 389 g/mol. The summed E-state index contributed by atoms with van der Waals surface area (Å²) in [7, 11) is 0. The van der Waals surface area contributed by atoms with Crippen molar-refractivity contribution in [1.82, 2.24) is 10.2 Å². The van der Waals surface area contributed by atoms with Gasteiger partial charge in [0.1, 0.15) is 17.7 Å². The predicted molar refractivity (Wildman–Crippen MR) is 107 cm³/mol. The number of nitrogens with zero attached hydrogens (tertiary/aromatic N) is 1. The normalized spacial score (nSPS) is 18.3. The molecule has 3 N–H and O–H groups in total. The highest BCUT2D eigenvalue weighted by Crippen LogP contribution is 2.21. The van der Waals surface area contributed by atoms with Crippen molar-refractivity contribution in [2.75, 3.05) is 6.54 Å². The van der Waals surface area contributed by atoms with E-state index in [1.807, 2.05) is 31.2 Å². The molecule has 0 bridgehead atoms. The third-order valence-electron chi connectivity index (χ3n) is 4.65. The first-order chi connectivity index (χ1) is 13.1. The van der Waals surface area contributed by atoms with Gasteiger partial charge in [0.25, 0.3) is 0 Å². The Morgan fingerprint density at radius 3 is 2.43 bits per heavy atom. The molecular weight excluding hydrogens is 358 g/mol. The Hall–Kier alpha value is -2.57. The van der Waals surface area contributed by atoms with Crippen LogP contribution < -0.4 is 11.1 Å². The van der Waals surface area contributed by atoms with Gasteiger partial charge in [0.2, 0.25) is 11.8 Å². The summed E-state index contributed by atoms with van der Waals surface area (Å²) in [5.74, 6) is -0.977. The van der Waals surface area contributed by atoms with Crippen LogP contribution in [0.1, 0.15) is 51.2 Å². The van der Waals surface area contributed by atoms with E-state index in [-0.39, 0.29) is 5.91 Å². The van der Waals surface area contributed by atoms with Gasteiger partial charge in [0, 0.05) is 13.0 Å². The second-order valence-electron chi connectivity index (χ2n) is 8.34. The number of primary amides is 1. The van der Waals surface area contributed by atoms with Crippen molar-refractivity contribution >= 4 is 17.9 Å². The van der Waals surface area contributed by atoms with Crippen LogP contribution in [-0.2, 0) is 20.7 Å². The van der Waals surface area contributed by atoms with Gasteiger partial charge in [-0.3, -0.25) is 14.5 Å². The van der Waals surface area contributed by atoms with Gasteiger partial charge in [-0.1, -0.05) is 29.8 Å². The molecule has 2 rings (SSSR count). The van der Waals surface area contributed by atoms with E-state index in [1.165, 1.54) is 4.90 Å². The largest absolute Gasteiger partial charge is 0.444 e. The molecular formula is C21H31N3O4. The highest BCUT2D eigenvalue weighted by atomic mass is 16.6. The zero-order valence-corrected chi connectivity index (χ0v) is 17.2. The average Bonchev–Trinajstić information content (AvgIpc) is 2.61. The van der Waals surface area contributed by atoms with Gasteiger partial charge in [-0.25, -0.2) is 4.79 Å². The van der Waals surface area contributed by atoms with E-state index < -0.39 is 29.7 Å². The lowest BCUT2D eigenvalue weighted by molar-refractivity contribution is -0.131. The summed E-state index contributed by atoms with van der Waals surface area (Å²) in [4.78, 5) is 38.7. The third-order valence-corrected chi connectivity index (χ3v) is 4.65. The minimum absolute atomic E-state index is 0.306. The molecule has 1 unspecified atom stereocenters. The molecule has 7 nitrogen and oxygen atoms in total. The zero-order chi connectivity index (χ0) is 20.9. The van der Waals surface area contributed by atoms with Crippen LogP contribution >= 0.6 is 0 Å². The number of carbonyl (C=O) groups is 3. The van der Waals surface area contributed by atoms with Gasteiger partial charge in [-0.15, -0.1) is 0 Å². The molecule has 0 radical (unpaired) electrons. The number of benzene rings is 1. The van der Waals surface area contributed by atoms with Gasteiger partial charge < -0.3 is 15.8 Å². The van der Waals surface area contributed by atoms with Crippen LogP contribution in [0.3, 0.4) is 0 Å². The number of likely N-dealkylation sites (tertiary alicyclic amines) is 1. The van der Waals surface area contributed by atoms with Crippen LogP contribution in [-0.4, -0.2) is 47.0 Å². The van der Waals surface area contributed by atoms with E-state index in [1.54, 1.807) is 20.8 Å². The number of amides is 3. The molecule has 7 heteroatoms. The minimum Gasteiger partial charge on any atom is -0.444 e. The molecule has 0 aromatic heterocycles. The molecule has 1 aliphatic heterocycles. The molecule has 154 valence electrons. The van der Waals surface area contributed by atoms with Gasteiger partial charge >= 0.3 is 6.09 Å². The lowest BCUT2D eigenvalue weighted by Crippen LogP contribution is -2.56. The Morgan fingerprint density at radius 2 is 1.86 bits per heavy atom. The smallest absolute Gasteiger partial charge is 0.410 e. The molecule has 0 saturated carbocycles. The number of rotatable bonds is 5. The fourth-order valence-corrected chi connectivity index (χ4v) is 3.19. The molecule has 1 aromatic rings. The van der Waals surface area contributed by atoms with E-state index in [9.17, 15) is 14.4 Å². The summed E-state index contributed by atoms with van der Waals surface area (Å²) in [6.45, 7) is 7.79. The quantitative estimate of drug-likeness (QED) is 0.807. The van der Waals surface area contributed by atoms with E-state index in [2.05, 4.69) is 5.32 Å². The predicted octanol–water partition coefficient (Wildman–Crippen LogP) is 2.30. The standard InChI is InChI=1S/C21H31N3O4/c1-14-8-10-15(11-9-14)13-16(18(22)25)23-19(26)17-7-5-6-12-24(17)20(27)28-21(2,3)4/h8-11,16-17H,5-7,12-13H2,1-4H3,(H2,22,25)(H,23,26)/t16-,17?/m0/s1. The van der Waals surface area contributed by atoms with Crippen LogP contribution in [0.25, 0.3) is 0 Å². The highest BCUT2D eigenvalue weighted by Gasteiger charge is 2.36. The second-order valence-corrected chi connectivity index (χ2v) is 8.34. The molecule has 28 heavy (non-hydrogen) atoms. The van der Waals surface area contributed by atoms with Crippen molar-refractivity contribution in [3.63, 3.8) is 0 Å². The fourth-order valence-electron chi connectivity index (χ4n) is 3.19. The van der Waals surface area contributed by atoms with Gasteiger partial charge in [0.15, 0.2) is 0 Å². The Balaban J connectivity index is 2.08. The molecule has 3 amide bonds. The molecule has 1 heterocycles. The average molecular weight is 389 g/mol. The van der Waals surface area contributed by atoms with Crippen LogP contribution in [0.5, 0.6) is 0 Å². The first-order valence-corrected chi connectivity index (χ1v) is 9.71. The lowest BCUT2D eigenvalue weighted by atomic mass is 10.00. The number of ether oxygens (including phenoxy) is 1. The molecule has 2 atom stereocenters. The molecule has 1 saturated heterocycles. The summed E-state index contributed by atoms with van der Waals surface area (Å²) in [6, 6.07) is 6.21. The van der Waals surface area contributed by atoms with Gasteiger partial charge in [0.05, 0.1) is 0 Å². The maximum Gasteiger partial charge on any atom is 0.410 e. The summed E-state index contributed by atoms with van der Waals surface area (Å²) >= 11 is 0. The number of hydrogen-bond acceptors (Lipinski definition) is 4. The van der Waals surface area contributed by atoms with Crippen molar-refractivity contribution < 1.29 is 19.1 Å². The second kappa shape index (κ2) is 9.08. The third kappa shape index (κ3) is 6.25. The summed E-state index contributed by atoms with van der Waals surface area (Å²) in [6.07, 6.45) is 1.96. The van der Waals surface area contributed by atoms with E-state index in [4.69, 9.17) is 10.5 Å². The maximum absolute atomic E-state index is 12.9. The molecule has 1 fully saturated rings. The summed E-state index contributed by atoms with van der Waals surface area (Å²) in [5, 5.41) is 2.73. The van der Waals surface area contributed by atoms with Crippen LogP contribution in [0.15, 0.2) is 24.3 Å². The number of hydrogen-bond donors (Lipinski definition) is 2. The first-order valence-electron chi connectivity index (χ1n) is 9.71. The number of nitrogens with two attached hydrogens (primary N) is 1. The van der Waals surface area contributed by atoms with E-state index in [0.717, 1.165) is 24.0 Å². The van der Waals surface area contributed by atoms with E-state index >= 15 is 0 Å². The van der Waals surface area contributed by atoms with E-state index in [0.29, 0.717) is 19.4 Å². The SMILES string of the molecule is Cc1ccc(C[C@H](NC(=O)C2CCCCN2C(=O)OC(C)(C)C)C(N)=O)cc1. The zero-order valence-electron chi connectivity index (χ0n) is 17.2. The van der Waals surface area contributed by atoms with Crippen LogP contribution in [0.2, 0.25) is 0 Å². The topological polar surface area (TPSA) is 102 Å². The Morgan fingerprint density at radius 1 is 1.21 bits per heavy atom. The Kier molecular flexibility index (Phi) is 7.05. The molecule has 1 aromatic carbocycles. The Bertz CT molecular complexity index is 709. The highest BCUT2D eigenvalue weighted by molar-refractivity contribution is 5.91. The Labute approximate surface area is 166 Å². The van der Waals surface area contributed by atoms with Gasteiger partial charge in [-0.2, -0.15) is 0 Å². The van der Waals surface area contributed by atoms with Crippen LogP contribution in [0.4, 0.5) is 4.79 Å². The number of aryl methyl sites for hydroxylation is 1. The maximum atomic E-state index is 12.9. The van der Waals surface area contributed by atoms with Crippen molar-refractivity contribution in [1.29, 1.82) is 0 Å². The number of piperidine rings is 1. The van der Waals surface area contributed by atoms with Gasteiger partial charge in [-0.05, 0) is 52.5 Å². The number of nitrogens with one attached hydrogen (secondary N) is 1. The summed E-state index contributed by atoms with van der Waals surface area (Å²) < 4.78 is 5.43. The van der Waals surface area contributed by atoms with Crippen molar-refractivity contribution in [3.8, 4) is 0 Å². The minimum atomic E-state index is -0.836. The first kappa shape index (κ1) is 21.7. The van der Waals surface area contributed by atoms with Crippen molar-refractivity contribution in [2.45, 2.75) is 71.1 Å². The fraction of sp³-hybridized carbons (Fsp3) is 0.571. The molecule has 0 aliphatic carbocycles. The molecule has 1 aliphatic rings. The van der Waals surface area contributed by atoms with Crippen molar-refractivity contribution in [2.24, 2.45) is 5.73 Å². The number of carbonyl (C=O) groups excluding carboxylic acids is 3. The van der Waals surface area contributed by atoms with Crippen LogP contribution in [0, 0.1) is 6.92 Å².